The number of nitrogens with zero attached hydrogens (tertiary/aromatic N) is 1. The largest absolute Gasteiger partial charge is 0.465 e. The highest BCUT2D eigenvalue weighted by Gasteiger charge is 2.20. The third-order valence-electron chi connectivity index (χ3n) is 1.63. The van der Waals surface area contributed by atoms with E-state index >= 15 is 0 Å². The van der Waals surface area contributed by atoms with Gasteiger partial charge in [-0.15, -0.1) is 0 Å². The molecule has 0 aromatic heterocycles. The Morgan fingerprint density at radius 1 is 1.40 bits per heavy atom. The highest BCUT2D eigenvalue weighted by molar-refractivity contribution is 6.39. The molecule has 1 rings (SSSR count). The Labute approximate surface area is 94.7 Å². The maximum Gasteiger partial charge on any atom is 0.340 e. The van der Waals surface area contributed by atoms with Gasteiger partial charge in [0, 0.05) is 12.1 Å². The Bertz CT molecular complexity index is 410. The van der Waals surface area contributed by atoms with E-state index in [0.29, 0.717) is 0 Å². The molecule has 0 aliphatic carbocycles. The minimum atomic E-state index is -0.736. The number of esters is 1. The number of ether oxygens (including phenoxy) is 1. The van der Waals surface area contributed by atoms with Crippen molar-refractivity contribution in [2.75, 3.05) is 7.11 Å². The number of benzene rings is 1. The van der Waals surface area contributed by atoms with Crippen LogP contribution in [0.25, 0.3) is 0 Å². The van der Waals surface area contributed by atoms with Crippen molar-refractivity contribution in [3.8, 4) is 0 Å². The third-order valence-corrected chi connectivity index (χ3v) is 2.22. The number of non-ortho nitro benzene ring substituents is 1. The second-order valence-corrected chi connectivity index (χ2v) is 3.35. The number of nitro groups is 1. The summed E-state index contributed by atoms with van der Waals surface area (Å²) in [6.45, 7) is 0. The second kappa shape index (κ2) is 4.46. The first-order valence-corrected chi connectivity index (χ1v) is 4.44. The van der Waals surface area contributed by atoms with E-state index in [4.69, 9.17) is 23.2 Å². The maximum atomic E-state index is 11.2. The average molecular weight is 250 g/mol. The molecule has 5 nitrogen and oxygen atoms in total. The zero-order valence-corrected chi connectivity index (χ0v) is 9.00. The number of methoxy groups -OCH3 is 1. The molecule has 1 aromatic rings. The molecule has 0 aliphatic rings. The van der Waals surface area contributed by atoms with Crippen LogP contribution in [-0.2, 0) is 4.74 Å². The lowest BCUT2D eigenvalue weighted by molar-refractivity contribution is -0.384. The Morgan fingerprint density at radius 3 is 2.20 bits per heavy atom. The Hall–Kier alpha value is -1.33. The third kappa shape index (κ3) is 2.37. The quantitative estimate of drug-likeness (QED) is 0.459. The zero-order chi connectivity index (χ0) is 11.6. The molecular formula is C8H5Cl2NO4. The molecular weight excluding hydrogens is 245 g/mol. The van der Waals surface area contributed by atoms with E-state index in [9.17, 15) is 14.9 Å². The van der Waals surface area contributed by atoms with E-state index in [0.717, 1.165) is 19.2 Å². The van der Waals surface area contributed by atoms with Crippen LogP contribution in [0.2, 0.25) is 10.0 Å². The summed E-state index contributed by atoms with van der Waals surface area (Å²) < 4.78 is 4.42. The van der Waals surface area contributed by atoms with Gasteiger partial charge in [0.25, 0.3) is 5.69 Å². The monoisotopic (exact) mass is 249 g/mol. The van der Waals surface area contributed by atoms with Crippen LogP contribution in [0.1, 0.15) is 10.4 Å². The smallest absolute Gasteiger partial charge is 0.340 e. The lowest BCUT2D eigenvalue weighted by Gasteiger charge is -2.04. The van der Waals surface area contributed by atoms with Gasteiger partial charge in [0.15, 0.2) is 0 Å². The molecule has 0 radical (unpaired) electrons. The lowest BCUT2D eigenvalue weighted by Crippen LogP contribution is -2.03. The number of carbonyl (C=O) groups is 1. The van der Waals surface area contributed by atoms with E-state index in [1.807, 2.05) is 0 Å². The van der Waals surface area contributed by atoms with Crippen LogP contribution in [0.5, 0.6) is 0 Å². The molecule has 0 amide bonds. The van der Waals surface area contributed by atoms with Crippen LogP contribution in [0.15, 0.2) is 12.1 Å². The first kappa shape index (κ1) is 11.7. The summed E-state index contributed by atoms with van der Waals surface area (Å²) >= 11 is 11.3. The van der Waals surface area contributed by atoms with E-state index in [1.54, 1.807) is 0 Å². The van der Waals surface area contributed by atoms with Crippen molar-refractivity contribution in [2.24, 2.45) is 0 Å². The van der Waals surface area contributed by atoms with E-state index in [2.05, 4.69) is 4.74 Å². The van der Waals surface area contributed by atoms with Crippen molar-refractivity contribution in [3.63, 3.8) is 0 Å². The first-order valence-electron chi connectivity index (χ1n) is 3.69. The zero-order valence-electron chi connectivity index (χ0n) is 7.49. The Balaban J connectivity index is 3.33. The number of rotatable bonds is 2. The van der Waals surface area contributed by atoms with Gasteiger partial charge in [0.05, 0.1) is 27.6 Å². The minimum Gasteiger partial charge on any atom is -0.465 e. The average Bonchev–Trinajstić information content (AvgIpc) is 2.16. The maximum absolute atomic E-state index is 11.2. The molecule has 0 spiro atoms. The van der Waals surface area contributed by atoms with Gasteiger partial charge in [-0.05, 0) is 0 Å². The van der Waals surface area contributed by atoms with Crippen molar-refractivity contribution in [2.45, 2.75) is 0 Å². The van der Waals surface area contributed by atoms with Crippen LogP contribution >= 0.6 is 23.2 Å². The van der Waals surface area contributed by atoms with Gasteiger partial charge in [-0.25, -0.2) is 4.79 Å². The topological polar surface area (TPSA) is 69.4 Å². The standard InChI is InChI=1S/C8H5Cl2NO4/c1-15-8(12)7-5(9)2-4(11(13)14)3-6(7)10/h2-3H,1H3. The summed E-state index contributed by atoms with van der Waals surface area (Å²) in [5.74, 6) is -0.736. The Kier molecular flexibility index (Phi) is 3.49. The van der Waals surface area contributed by atoms with Gasteiger partial charge in [-0.3, -0.25) is 10.1 Å². The fourth-order valence-corrected chi connectivity index (χ4v) is 1.59. The molecule has 0 heterocycles. The number of nitro benzene ring substituents is 1. The van der Waals surface area contributed by atoms with Crippen molar-refractivity contribution in [1.29, 1.82) is 0 Å². The van der Waals surface area contributed by atoms with Crippen molar-refractivity contribution in [1.82, 2.24) is 0 Å². The van der Waals surface area contributed by atoms with Crippen LogP contribution in [0.4, 0.5) is 5.69 Å². The lowest BCUT2D eigenvalue weighted by atomic mass is 10.2. The van der Waals surface area contributed by atoms with Gasteiger partial charge in [0.1, 0.15) is 0 Å². The molecule has 80 valence electrons. The summed E-state index contributed by atoms with van der Waals surface area (Å²) in [6, 6.07) is 2.08. The van der Waals surface area contributed by atoms with Crippen LogP contribution in [-0.4, -0.2) is 18.0 Å². The van der Waals surface area contributed by atoms with Gasteiger partial charge in [0.2, 0.25) is 0 Å². The summed E-state index contributed by atoms with van der Waals surface area (Å²) in [5, 5.41) is 10.2. The molecule has 0 bridgehead atoms. The summed E-state index contributed by atoms with van der Waals surface area (Å²) in [5.41, 5.74) is -0.357. The van der Waals surface area contributed by atoms with E-state index < -0.39 is 10.9 Å². The van der Waals surface area contributed by atoms with Crippen molar-refractivity contribution < 1.29 is 14.5 Å². The molecule has 15 heavy (non-hydrogen) atoms. The van der Waals surface area contributed by atoms with Gasteiger partial charge >= 0.3 is 5.97 Å². The molecule has 0 unspecified atom stereocenters. The number of halogens is 2. The van der Waals surface area contributed by atoms with E-state index in [1.165, 1.54) is 0 Å². The second-order valence-electron chi connectivity index (χ2n) is 2.53. The number of hydrogen-bond donors (Lipinski definition) is 0. The summed E-state index contributed by atoms with van der Waals surface area (Å²) in [6.07, 6.45) is 0. The summed E-state index contributed by atoms with van der Waals surface area (Å²) in [4.78, 5) is 20.9. The SMILES string of the molecule is COC(=O)c1c(Cl)cc([N+](=O)[O-])cc1Cl. The molecule has 0 N–H and O–H groups in total. The van der Waals surface area contributed by atoms with Crippen LogP contribution in [0.3, 0.4) is 0 Å². The van der Waals surface area contributed by atoms with Crippen molar-refractivity contribution in [3.05, 3.63) is 37.9 Å². The predicted molar refractivity (Wildman–Crippen MR) is 54.5 cm³/mol. The van der Waals surface area contributed by atoms with Gasteiger partial charge < -0.3 is 4.74 Å². The predicted octanol–water partition coefficient (Wildman–Crippen LogP) is 2.69. The molecule has 0 saturated heterocycles. The van der Waals surface area contributed by atoms with Gasteiger partial charge in [-0.1, -0.05) is 23.2 Å². The normalized spacial score (nSPS) is 9.80. The first-order chi connectivity index (χ1) is 6.97. The number of hydrogen-bond acceptors (Lipinski definition) is 4. The van der Waals surface area contributed by atoms with Crippen LogP contribution in [0, 0.1) is 10.1 Å². The highest BCUT2D eigenvalue weighted by atomic mass is 35.5. The van der Waals surface area contributed by atoms with Crippen LogP contribution < -0.4 is 0 Å². The minimum absolute atomic E-state index is 0.0774. The van der Waals surface area contributed by atoms with Gasteiger partial charge in [-0.2, -0.15) is 0 Å². The van der Waals surface area contributed by atoms with E-state index in [-0.39, 0.29) is 21.3 Å². The molecule has 0 fully saturated rings. The fraction of sp³-hybridized carbons (Fsp3) is 0.125. The molecule has 7 heteroatoms. The Morgan fingerprint density at radius 2 is 1.87 bits per heavy atom. The van der Waals surface area contributed by atoms with Crippen molar-refractivity contribution >= 4 is 34.9 Å². The molecule has 0 aliphatic heterocycles. The molecule has 0 saturated carbocycles. The molecule has 0 atom stereocenters. The fourth-order valence-electron chi connectivity index (χ4n) is 0.962. The highest BCUT2D eigenvalue weighted by Crippen LogP contribution is 2.30. The number of carbonyl (C=O) groups excluding carboxylic acids is 1. The summed E-state index contributed by atoms with van der Waals surface area (Å²) in [7, 11) is 1.16. The molecule has 1 aromatic carbocycles.